The van der Waals surface area contributed by atoms with Crippen LogP contribution in [-0.2, 0) is 0 Å². The van der Waals surface area contributed by atoms with Gasteiger partial charge < -0.3 is 0 Å². The van der Waals surface area contributed by atoms with E-state index < -0.39 is 0 Å². The maximum Gasteiger partial charge on any atom is -0.0233 e. The van der Waals surface area contributed by atoms with E-state index in [0.29, 0.717) is 0 Å². The smallest absolute Gasteiger partial charge is 0.0233 e. The van der Waals surface area contributed by atoms with Gasteiger partial charge in [0.05, 0.1) is 0 Å². The maximum absolute atomic E-state index is 2.41. The molecule has 3 aliphatic rings. The van der Waals surface area contributed by atoms with Gasteiger partial charge in [-0.3, -0.25) is 0 Å². The lowest BCUT2D eigenvalue weighted by Gasteiger charge is -2.29. The topological polar surface area (TPSA) is 0 Å². The molecule has 2 bridgehead atoms. The zero-order valence-electron chi connectivity index (χ0n) is 13.1. The van der Waals surface area contributed by atoms with Crippen molar-refractivity contribution >= 4 is 0 Å². The molecule has 3 aliphatic carbocycles. The van der Waals surface area contributed by atoms with E-state index in [9.17, 15) is 0 Å². The normalized spacial score (nSPS) is 23.0. The van der Waals surface area contributed by atoms with Crippen LogP contribution in [0.2, 0.25) is 0 Å². The van der Waals surface area contributed by atoms with Crippen LogP contribution in [0.4, 0.5) is 0 Å². The van der Waals surface area contributed by atoms with Gasteiger partial charge in [-0.2, -0.15) is 0 Å². The van der Waals surface area contributed by atoms with Gasteiger partial charge in [-0.1, -0.05) is 67.5 Å². The molecule has 3 rings (SSSR count). The summed E-state index contributed by atoms with van der Waals surface area (Å²) in [6.07, 6.45) is 10.7. The van der Waals surface area contributed by atoms with Crippen molar-refractivity contribution in [3.8, 4) is 0 Å². The van der Waals surface area contributed by atoms with E-state index in [0.717, 1.165) is 11.8 Å². The molecule has 100 valence electrons. The van der Waals surface area contributed by atoms with E-state index >= 15 is 0 Å². The third kappa shape index (κ3) is 10.3. The third-order valence-corrected chi connectivity index (χ3v) is 2.47. The first kappa shape index (κ1) is 21.1. The van der Waals surface area contributed by atoms with Gasteiger partial charge in [-0.05, 0) is 37.5 Å². The minimum atomic E-state index is 0.972. The molecule has 0 saturated heterocycles. The molecule has 0 aromatic carbocycles. The van der Waals surface area contributed by atoms with Crippen LogP contribution in [0.5, 0.6) is 0 Å². The summed E-state index contributed by atoms with van der Waals surface area (Å²) >= 11 is 0. The van der Waals surface area contributed by atoms with E-state index in [4.69, 9.17) is 0 Å². The summed E-state index contributed by atoms with van der Waals surface area (Å²) in [7, 11) is 0. The molecular weight excluding hydrogens is 192 g/mol. The van der Waals surface area contributed by atoms with Crippen LogP contribution in [0.3, 0.4) is 0 Å². The highest BCUT2D eigenvalue weighted by Crippen LogP contribution is 2.35. The summed E-state index contributed by atoms with van der Waals surface area (Å²) in [5.41, 5.74) is 0. The zero-order valence-corrected chi connectivity index (χ0v) is 13.1. The Morgan fingerprint density at radius 1 is 0.500 bits per heavy atom. The van der Waals surface area contributed by atoms with E-state index in [-0.39, 0.29) is 0 Å². The van der Waals surface area contributed by atoms with E-state index in [1.165, 1.54) is 25.7 Å². The van der Waals surface area contributed by atoms with Crippen molar-refractivity contribution < 1.29 is 0 Å². The summed E-state index contributed by atoms with van der Waals surface area (Å²) in [5, 5.41) is 0. The molecular formula is C16H36. The van der Waals surface area contributed by atoms with Gasteiger partial charge in [-0.15, -0.1) is 0 Å². The molecule has 0 heteroatoms. The van der Waals surface area contributed by atoms with Crippen molar-refractivity contribution in [3.05, 3.63) is 12.2 Å². The van der Waals surface area contributed by atoms with Crippen molar-refractivity contribution in [1.82, 2.24) is 0 Å². The van der Waals surface area contributed by atoms with Crippen LogP contribution < -0.4 is 0 Å². The summed E-state index contributed by atoms with van der Waals surface area (Å²) in [4.78, 5) is 0. The maximum atomic E-state index is 2.41. The molecule has 0 unspecified atom stereocenters. The molecule has 16 heavy (non-hydrogen) atoms. The fourth-order valence-corrected chi connectivity index (χ4v) is 1.84. The fourth-order valence-electron chi connectivity index (χ4n) is 1.84. The zero-order chi connectivity index (χ0) is 13.4. The first-order valence-corrected chi connectivity index (χ1v) is 7.63. The second-order valence-electron chi connectivity index (χ2n) is 3.06. The number of hydrogen-bond acceptors (Lipinski definition) is 0. The standard InChI is InChI=1S/C8H12.4C2H6/c1-2-8-5-3-7(1)4-6-8;4*1-2/h1-2,7-8H,3-6H2;4*1-2H3. The first-order chi connectivity index (χ1) is 7.95. The fraction of sp³-hybridized carbons (Fsp3) is 0.875. The average Bonchev–Trinajstić information content (AvgIpc) is 2.49. The highest BCUT2D eigenvalue weighted by Gasteiger charge is 2.21. The van der Waals surface area contributed by atoms with Crippen molar-refractivity contribution in [3.63, 3.8) is 0 Å². The van der Waals surface area contributed by atoms with Crippen LogP contribution in [0.25, 0.3) is 0 Å². The van der Waals surface area contributed by atoms with Gasteiger partial charge >= 0.3 is 0 Å². The van der Waals surface area contributed by atoms with E-state index in [1.807, 2.05) is 55.4 Å². The monoisotopic (exact) mass is 228 g/mol. The third-order valence-electron chi connectivity index (χ3n) is 2.47. The molecule has 1 fully saturated rings. The van der Waals surface area contributed by atoms with Crippen LogP contribution in [0, 0.1) is 11.8 Å². The Labute approximate surface area is 106 Å². The highest BCUT2D eigenvalue weighted by atomic mass is 14.3. The molecule has 0 aromatic rings. The van der Waals surface area contributed by atoms with Crippen LogP contribution in [0.15, 0.2) is 12.2 Å². The highest BCUT2D eigenvalue weighted by molar-refractivity contribution is 5.02. The van der Waals surface area contributed by atoms with E-state index in [1.54, 1.807) is 0 Å². The lowest BCUT2D eigenvalue weighted by Crippen LogP contribution is -2.16. The Hall–Kier alpha value is -0.260. The summed E-state index contributed by atoms with van der Waals surface area (Å²) in [5.74, 6) is 1.94. The largest absolute Gasteiger partial charge is 0.0851 e. The van der Waals surface area contributed by atoms with Gasteiger partial charge in [0, 0.05) is 0 Å². The molecule has 0 amide bonds. The Bertz CT molecular complexity index is 91.2. The Morgan fingerprint density at radius 2 is 0.688 bits per heavy atom. The van der Waals surface area contributed by atoms with Gasteiger partial charge in [0.25, 0.3) is 0 Å². The molecule has 0 nitrogen and oxygen atoms in total. The quantitative estimate of drug-likeness (QED) is 0.417. The number of allylic oxidation sites excluding steroid dienone is 2. The van der Waals surface area contributed by atoms with Gasteiger partial charge in [0.15, 0.2) is 0 Å². The molecule has 0 aliphatic heterocycles. The SMILES string of the molecule is C1=CC2CCC1CC2.CC.CC.CC.CC. The molecule has 1 saturated carbocycles. The average molecular weight is 228 g/mol. The summed E-state index contributed by atoms with van der Waals surface area (Å²) in [6, 6.07) is 0. The van der Waals surface area contributed by atoms with Crippen LogP contribution in [-0.4, -0.2) is 0 Å². The van der Waals surface area contributed by atoms with Gasteiger partial charge in [0.1, 0.15) is 0 Å². The molecule has 0 aromatic heterocycles. The predicted molar refractivity (Wildman–Crippen MR) is 80.0 cm³/mol. The molecule has 0 heterocycles. The second-order valence-corrected chi connectivity index (χ2v) is 3.06. The summed E-state index contributed by atoms with van der Waals surface area (Å²) in [6.45, 7) is 16.0. The van der Waals surface area contributed by atoms with E-state index in [2.05, 4.69) is 12.2 Å². The number of fused-ring (bicyclic) bond motifs is 2. The minimum absolute atomic E-state index is 0.972. The molecule has 0 radical (unpaired) electrons. The number of hydrogen-bond donors (Lipinski definition) is 0. The Kier molecular flexibility index (Phi) is 26.6. The molecule has 0 atom stereocenters. The first-order valence-electron chi connectivity index (χ1n) is 7.63. The van der Waals surface area contributed by atoms with Gasteiger partial charge in [0.2, 0.25) is 0 Å². The summed E-state index contributed by atoms with van der Waals surface area (Å²) < 4.78 is 0. The van der Waals surface area contributed by atoms with Crippen LogP contribution >= 0.6 is 0 Å². The Morgan fingerprint density at radius 3 is 0.750 bits per heavy atom. The second kappa shape index (κ2) is 20.2. The molecule has 0 spiro atoms. The predicted octanol–water partition coefficient (Wildman–Crippen LogP) is 6.47. The van der Waals surface area contributed by atoms with Crippen molar-refractivity contribution in [2.45, 2.75) is 81.1 Å². The van der Waals surface area contributed by atoms with Crippen molar-refractivity contribution in [1.29, 1.82) is 0 Å². The molecule has 0 N–H and O–H groups in total. The van der Waals surface area contributed by atoms with Crippen molar-refractivity contribution in [2.24, 2.45) is 11.8 Å². The lowest BCUT2D eigenvalue weighted by atomic mass is 9.76. The van der Waals surface area contributed by atoms with Crippen LogP contribution in [0.1, 0.15) is 81.1 Å². The Balaban J connectivity index is -0.000000183. The number of rotatable bonds is 0. The van der Waals surface area contributed by atoms with Crippen molar-refractivity contribution in [2.75, 3.05) is 0 Å². The minimum Gasteiger partial charge on any atom is -0.0851 e. The van der Waals surface area contributed by atoms with Gasteiger partial charge in [-0.25, -0.2) is 0 Å². The lowest BCUT2D eigenvalue weighted by molar-refractivity contribution is 0.329.